The fourth-order valence-corrected chi connectivity index (χ4v) is 3.95. The summed E-state index contributed by atoms with van der Waals surface area (Å²) in [5, 5.41) is 4.56. The SMILES string of the molecule is CC(NC(=O)C(C)(C)Oc1ccc(Cl)cc1)C(Cc1ccc(Cl)cc1F)c1ccc(Cl)cc1. The number of amides is 1. The first-order chi connectivity index (χ1) is 15.5. The average molecular weight is 509 g/mol. The van der Waals surface area contributed by atoms with Gasteiger partial charge in [-0.3, -0.25) is 4.79 Å². The van der Waals surface area contributed by atoms with E-state index in [0.29, 0.717) is 32.8 Å². The van der Waals surface area contributed by atoms with Crippen molar-refractivity contribution in [3.63, 3.8) is 0 Å². The van der Waals surface area contributed by atoms with E-state index in [9.17, 15) is 9.18 Å². The molecule has 3 nitrogen and oxygen atoms in total. The molecule has 1 amide bonds. The van der Waals surface area contributed by atoms with Crippen molar-refractivity contribution in [1.82, 2.24) is 5.32 Å². The van der Waals surface area contributed by atoms with Gasteiger partial charge in [-0.05, 0) is 86.8 Å². The van der Waals surface area contributed by atoms with Crippen LogP contribution in [0.25, 0.3) is 0 Å². The topological polar surface area (TPSA) is 38.3 Å². The van der Waals surface area contributed by atoms with Crippen LogP contribution >= 0.6 is 34.8 Å². The highest BCUT2D eigenvalue weighted by Crippen LogP contribution is 2.29. The number of rotatable bonds is 8. The first-order valence-electron chi connectivity index (χ1n) is 10.5. The molecule has 3 aromatic rings. The molecular formula is C26H25Cl3FNO2. The van der Waals surface area contributed by atoms with Gasteiger partial charge in [0.15, 0.2) is 5.60 Å². The molecule has 0 saturated carbocycles. The molecule has 3 aromatic carbocycles. The maximum atomic E-state index is 14.6. The Labute approximate surface area is 208 Å². The number of halogens is 4. The van der Waals surface area contributed by atoms with Gasteiger partial charge in [-0.25, -0.2) is 4.39 Å². The van der Waals surface area contributed by atoms with Crippen LogP contribution < -0.4 is 10.1 Å². The van der Waals surface area contributed by atoms with Crippen LogP contribution in [0.5, 0.6) is 5.75 Å². The van der Waals surface area contributed by atoms with Crippen LogP contribution in [0.1, 0.15) is 37.8 Å². The zero-order chi connectivity index (χ0) is 24.2. The second kappa shape index (κ2) is 10.8. The predicted molar refractivity (Wildman–Crippen MR) is 133 cm³/mol. The molecule has 3 rings (SSSR count). The molecule has 0 saturated heterocycles. The van der Waals surface area contributed by atoms with Gasteiger partial charge >= 0.3 is 0 Å². The van der Waals surface area contributed by atoms with E-state index in [-0.39, 0.29) is 23.7 Å². The molecule has 2 atom stereocenters. The maximum absolute atomic E-state index is 14.6. The van der Waals surface area contributed by atoms with Gasteiger partial charge in [0.25, 0.3) is 5.91 Å². The molecule has 0 fully saturated rings. The van der Waals surface area contributed by atoms with Crippen molar-refractivity contribution in [2.45, 2.75) is 44.8 Å². The Morgan fingerprint density at radius 1 is 0.939 bits per heavy atom. The first-order valence-corrected chi connectivity index (χ1v) is 11.6. The molecule has 1 N–H and O–H groups in total. The Bertz CT molecular complexity index is 1100. The average Bonchev–Trinajstić information content (AvgIpc) is 2.75. The second-order valence-electron chi connectivity index (χ2n) is 8.43. The summed E-state index contributed by atoms with van der Waals surface area (Å²) >= 11 is 17.9. The third kappa shape index (κ3) is 6.86. The summed E-state index contributed by atoms with van der Waals surface area (Å²) in [6, 6.07) is 18.4. The number of nitrogens with one attached hydrogen (secondary N) is 1. The Balaban J connectivity index is 1.81. The van der Waals surface area contributed by atoms with Crippen molar-refractivity contribution in [2.24, 2.45) is 0 Å². The molecule has 0 heterocycles. The molecule has 0 aliphatic carbocycles. The van der Waals surface area contributed by atoms with E-state index < -0.39 is 5.60 Å². The molecule has 7 heteroatoms. The quantitative estimate of drug-likeness (QED) is 0.343. The van der Waals surface area contributed by atoms with E-state index in [1.807, 2.05) is 19.1 Å². The Hall–Kier alpha value is -2.27. The number of benzene rings is 3. The van der Waals surface area contributed by atoms with Crippen molar-refractivity contribution in [1.29, 1.82) is 0 Å². The van der Waals surface area contributed by atoms with Crippen LogP contribution in [0.15, 0.2) is 66.7 Å². The van der Waals surface area contributed by atoms with Crippen LogP contribution in [-0.2, 0) is 11.2 Å². The Morgan fingerprint density at radius 2 is 1.48 bits per heavy atom. The molecular weight excluding hydrogens is 484 g/mol. The third-order valence-corrected chi connectivity index (χ3v) is 6.19. The highest BCUT2D eigenvalue weighted by atomic mass is 35.5. The lowest BCUT2D eigenvalue weighted by Crippen LogP contribution is -2.51. The minimum absolute atomic E-state index is 0.215. The van der Waals surface area contributed by atoms with Crippen molar-refractivity contribution in [2.75, 3.05) is 0 Å². The molecule has 174 valence electrons. The molecule has 0 aliphatic rings. The minimum Gasteiger partial charge on any atom is -0.478 e. The van der Waals surface area contributed by atoms with Crippen molar-refractivity contribution < 1.29 is 13.9 Å². The number of carbonyl (C=O) groups is 1. The van der Waals surface area contributed by atoms with Gasteiger partial charge < -0.3 is 10.1 Å². The van der Waals surface area contributed by atoms with E-state index in [2.05, 4.69) is 5.32 Å². The predicted octanol–water partition coefficient (Wildman–Crippen LogP) is 7.47. The van der Waals surface area contributed by atoms with Gasteiger partial charge in [-0.2, -0.15) is 0 Å². The van der Waals surface area contributed by atoms with Gasteiger partial charge in [-0.15, -0.1) is 0 Å². The Morgan fingerprint density at radius 3 is 2.06 bits per heavy atom. The molecule has 0 aromatic heterocycles. The van der Waals surface area contributed by atoms with E-state index in [1.165, 1.54) is 6.07 Å². The zero-order valence-electron chi connectivity index (χ0n) is 18.5. The summed E-state index contributed by atoms with van der Waals surface area (Å²) in [6.07, 6.45) is 0.366. The van der Waals surface area contributed by atoms with E-state index in [1.54, 1.807) is 62.4 Å². The van der Waals surface area contributed by atoms with E-state index in [4.69, 9.17) is 39.5 Å². The van der Waals surface area contributed by atoms with Gasteiger partial charge in [0.1, 0.15) is 11.6 Å². The van der Waals surface area contributed by atoms with Gasteiger partial charge in [0.2, 0.25) is 0 Å². The van der Waals surface area contributed by atoms with Crippen molar-refractivity contribution in [3.8, 4) is 5.75 Å². The minimum atomic E-state index is -1.14. The molecule has 0 radical (unpaired) electrons. The molecule has 33 heavy (non-hydrogen) atoms. The third-order valence-electron chi connectivity index (χ3n) is 5.45. The number of hydrogen-bond donors (Lipinski definition) is 1. The monoisotopic (exact) mass is 507 g/mol. The lowest BCUT2D eigenvalue weighted by atomic mass is 9.86. The largest absolute Gasteiger partial charge is 0.478 e. The van der Waals surface area contributed by atoms with Crippen molar-refractivity contribution in [3.05, 3.63) is 98.7 Å². The smallest absolute Gasteiger partial charge is 0.263 e. The summed E-state index contributed by atoms with van der Waals surface area (Å²) in [4.78, 5) is 13.1. The molecule has 2 unspecified atom stereocenters. The second-order valence-corrected chi connectivity index (χ2v) is 9.74. The normalized spacial score (nSPS) is 13.3. The van der Waals surface area contributed by atoms with E-state index >= 15 is 0 Å². The molecule has 0 aliphatic heterocycles. The summed E-state index contributed by atoms with van der Waals surface area (Å²) in [6.45, 7) is 5.28. The van der Waals surface area contributed by atoms with E-state index in [0.717, 1.165) is 5.56 Å². The van der Waals surface area contributed by atoms with Crippen LogP contribution in [-0.4, -0.2) is 17.6 Å². The number of carbonyl (C=O) groups excluding carboxylic acids is 1. The fourth-order valence-electron chi connectivity index (χ4n) is 3.54. The highest BCUT2D eigenvalue weighted by molar-refractivity contribution is 6.31. The van der Waals surface area contributed by atoms with Gasteiger partial charge in [0, 0.05) is 27.0 Å². The standard InChI is InChI=1S/C26H25Cl3FNO2/c1-16(31-25(32)26(2,3)33-22-12-10-20(28)11-13-22)23(17-4-7-19(27)8-5-17)14-18-6-9-21(29)15-24(18)30/h4-13,15-16,23H,14H2,1-3H3,(H,31,32). The van der Waals surface area contributed by atoms with Gasteiger partial charge in [-0.1, -0.05) is 53.0 Å². The number of hydrogen-bond acceptors (Lipinski definition) is 2. The van der Waals surface area contributed by atoms with Crippen LogP contribution in [0.2, 0.25) is 15.1 Å². The Kier molecular flexibility index (Phi) is 8.28. The van der Waals surface area contributed by atoms with Crippen LogP contribution in [0.3, 0.4) is 0 Å². The highest BCUT2D eigenvalue weighted by Gasteiger charge is 2.33. The van der Waals surface area contributed by atoms with Crippen molar-refractivity contribution >= 4 is 40.7 Å². The summed E-state index contributed by atoms with van der Waals surface area (Å²) in [7, 11) is 0. The summed E-state index contributed by atoms with van der Waals surface area (Å²) in [5.74, 6) is -0.357. The molecule has 0 bridgehead atoms. The van der Waals surface area contributed by atoms with Crippen LogP contribution in [0, 0.1) is 5.82 Å². The lowest BCUT2D eigenvalue weighted by molar-refractivity contribution is -0.135. The zero-order valence-corrected chi connectivity index (χ0v) is 20.8. The van der Waals surface area contributed by atoms with Crippen LogP contribution in [0.4, 0.5) is 4.39 Å². The maximum Gasteiger partial charge on any atom is 0.263 e. The first kappa shape index (κ1) is 25.4. The summed E-state index contributed by atoms with van der Waals surface area (Å²) < 4.78 is 20.5. The lowest BCUT2D eigenvalue weighted by Gasteiger charge is -2.31. The fraction of sp³-hybridized carbons (Fsp3) is 0.269. The molecule has 0 spiro atoms. The number of ether oxygens (including phenoxy) is 1. The van der Waals surface area contributed by atoms with Gasteiger partial charge in [0.05, 0.1) is 0 Å². The summed E-state index contributed by atoms with van der Waals surface area (Å²) in [5.41, 5.74) is 0.299.